The van der Waals surface area contributed by atoms with Gasteiger partial charge in [-0.15, -0.1) is 0 Å². The molecule has 40 heavy (non-hydrogen) atoms. The van der Waals surface area contributed by atoms with Crippen molar-refractivity contribution in [3.05, 3.63) is 81.5 Å². The van der Waals surface area contributed by atoms with Gasteiger partial charge >= 0.3 is 0 Å². The van der Waals surface area contributed by atoms with Crippen LogP contribution in [0.4, 0.5) is 15.8 Å². The van der Waals surface area contributed by atoms with Crippen LogP contribution in [-0.2, 0) is 10.3 Å². The third-order valence-electron chi connectivity index (χ3n) is 7.12. The summed E-state index contributed by atoms with van der Waals surface area (Å²) in [5, 5.41) is 3.43. The number of carbonyl (C=O) groups is 2. The molecule has 2 amide bonds. The number of rotatable bonds is 5. The first-order valence-corrected chi connectivity index (χ1v) is 13.0. The zero-order valence-corrected chi connectivity index (χ0v) is 23.3. The number of methoxy groups -OCH3 is 2. The van der Waals surface area contributed by atoms with Crippen LogP contribution in [-0.4, -0.2) is 40.6 Å². The number of ether oxygens (including phenoxy) is 2. The van der Waals surface area contributed by atoms with Crippen molar-refractivity contribution in [1.29, 1.82) is 0 Å². The minimum atomic E-state index is -1.82. The van der Waals surface area contributed by atoms with Crippen molar-refractivity contribution in [3.63, 3.8) is 0 Å². The van der Waals surface area contributed by atoms with Crippen molar-refractivity contribution in [3.8, 4) is 23.0 Å². The van der Waals surface area contributed by atoms with Gasteiger partial charge in [0.05, 0.1) is 31.2 Å². The van der Waals surface area contributed by atoms with E-state index in [0.717, 1.165) is 11.0 Å². The molecule has 0 fully saturated rings. The lowest BCUT2D eigenvalue weighted by atomic mass is 9.87. The molecule has 0 unspecified atom stereocenters. The molecular weight excluding hydrogens is 560 g/mol. The number of halogens is 3. The topological polar surface area (TPSA) is 98.6 Å². The normalized spacial score (nSPS) is 17.4. The molecule has 0 aliphatic carbocycles. The van der Waals surface area contributed by atoms with Gasteiger partial charge in [-0.2, -0.15) is 0 Å². The number of amides is 2. The van der Waals surface area contributed by atoms with E-state index in [1.165, 1.54) is 32.5 Å². The average molecular weight is 582 g/mol. The second-order valence-electron chi connectivity index (χ2n) is 9.61. The van der Waals surface area contributed by atoms with Gasteiger partial charge in [-0.1, -0.05) is 29.3 Å². The quantitative estimate of drug-likeness (QED) is 0.317. The molecule has 9 nitrogen and oxygen atoms in total. The number of nitrogens with zero attached hydrogens (tertiary/aromatic N) is 4. The van der Waals surface area contributed by atoms with Gasteiger partial charge in [-0.3, -0.25) is 14.5 Å². The van der Waals surface area contributed by atoms with Crippen LogP contribution in [0.2, 0.25) is 10.0 Å². The van der Waals surface area contributed by atoms with Gasteiger partial charge < -0.3 is 19.4 Å². The SMILES string of the molecule is COc1cc(OC)c(-c2nc3c(n2C(C)C)[C@@]2(C(=O)Nc4cc(Cl)ccc42)N(c2cc(Cl)ccc2F)C3=O)cn1. The van der Waals surface area contributed by atoms with E-state index in [1.807, 2.05) is 13.8 Å². The van der Waals surface area contributed by atoms with Crippen molar-refractivity contribution in [2.24, 2.45) is 0 Å². The Kier molecular flexibility index (Phi) is 6.01. The predicted octanol–water partition coefficient (Wildman–Crippen LogP) is 5.85. The molecule has 2 aromatic carbocycles. The van der Waals surface area contributed by atoms with Gasteiger partial charge in [0, 0.05) is 39.6 Å². The number of anilines is 2. The monoisotopic (exact) mass is 581 g/mol. The molecular formula is C28H22Cl2FN5O4. The number of carbonyl (C=O) groups excluding carboxylic acids is 2. The maximum Gasteiger partial charge on any atom is 0.280 e. The lowest BCUT2D eigenvalue weighted by Crippen LogP contribution is -2.51. The fraction of sp³-hybridized carbons (Fsp3) is 0.214. The molecule has 1 atom stereocenters. The summed E-state index contributed by atoms with van der Waals surface area (Å²) in [5.41, 5.74) is -0.426. The summed E-state index contributed by atoms with van der Waals surface area (Å²) in [7, 11) is 2.98. The van der Waals surface area contributed by atoms with E-state index in [2.05, 4.69) is 10.3 Å². The Morgan fingerprint density at radius 1 is 1.02 bits per heavy atom. The molecule has 0 bridgehead atoms. The average Bonchev–Trinajstić information content (AvgIpc) is 3.53. The van der Waals surface area contributed by atoms with Crippen molar-refractivity contribution in [2.75, 3.05) is 24.4 Å². The Bertz CT molecular complexity index is 1740. The van der Waals surface area contributed by atoms with E-state index in [1.54, 1.807) is 28.8 Å². The Balaban J connectivity index is 1.73. The number of hydrogen-bond donors (Lipinski definition) is 1. The summed E-state index contributed by atoms with van der Waals surface area (Å²) in [6.45, 7) is 3.79. The van der Waals surface area contributed by atoms with Crippen LogP contribution < -0.4 is 19.7 Å². The first-order valence-electron chi connectivity index (χ1n) is 12.3. The number of benzene rings is 2. The second-order valence-corrected chi connectivity index (χ2v) is 10.5. The summed E-state index contributed by atoms with van der Waals surface area (Å²) < 4.78 is 28.1. The highest BCUT2D eigenvalue weighted by Gasteiger charge is 2.64. The summed E-state index contributed by atoms with van der Waals surface area (Å²) in [5.74, 6) is -0.887. The number of pyridine rings is 1. The Labute approximate surface area is 238 Å². The fourth-order valence-corrected chi connectivity index (χ4v) is 5.87. The second kappa shape index (κ2) is 9.21. The molecule has 2 aromatic heterocycles. The van der Waals surface area contributed by atoms with Gasteiger partial charge in [-0.25, -0.2) is 14.4 Å². The van der Waals surface area contributed by atoms with Crippen LogP contribution in [0.1, 0.15) is 41.6 Å². The molecule has 0 saturated heterocycles. The van der Waals surface area contributed by atoms with Gasteiger partial charge in [0.2, 0.25) is 5.88 Å². The van der Waals surface area contributed by atoms with E-state index >= 15 is 4.39 Å². The smallest absolute Gasteiger partial charge is 0.280 e. The summed E-state index contributed by atoms with van der Waals surface area (Å²) in [6, 6.07) is 10.00. The van der Waals surface area contributed by atoms with Crippen LogP contribution >= 0.6 is 23.2 Å². The summed E-state index contributed by atoms with van der Waals surface area (Å²) in [4.78, 5) is 38.7. The minimum Gasteiger partial charge on any atom is -0.496 e. The molecule has 2 aliphatic rings. The van der Waals surface area contributed by atoms with Crippen LogP contribution in [0.15, 0.2) is 48.7 Å². The number of aromatic nitrogens is 3. The molecule has 6 rings (SSSR count). The van der Waals surface area contributed by atoms with E-state index < -0.39 is 23.2 Å². The molecule has 204 valence electrons. The maximum atomic E-state index is 15.4. The molecule has 1 spiro atoms. The van der Waals surface area contributed by atoms with Crippen LogP contribution in [0.25, 0.3) is 11.4 Å². The number of hydrogen-bond acceptors (Lipinski definition) is 6. The molecule has 2 aliphatic heterocycles. The highest BCUT2D eigenvalue weighted by atomic mass is 35.5. The zero-order chi connectivity index (χ0) is 28.5. The highest BCUT2D eigenvalue weighted by Crippen LogP contribution is 2.55. The Morgan fingerprint density at radius 3 is 2.45 bits per heavy atom. The molecule has 1 N–H and O–H groups in total. The molecule has 0 radical (unpaired) electrons. The van der Waals surface area contributed by atoms with E-state index in [4.69, 9.17) is 37.7 Å². The van der Waals surface area contributed by atoms with Crippen molar-refractivity contribution >= 4 is 46.4 Å². The Morgan fingerprint density at radius 2 is 1.75 bits per heavy atom. The lowest BCUT2D eigenvalue weighted by Gasteiger charge is -2.36. The van der Waals surface area contributed by atoms with Crippen molar-refractivity contribution in [1.82, 2.24) is 14.5 Å². The molecule has 4 aromatic rings. The van der Waals surface area contributed by atoms with E-state index in [0.29, 0.717) is 39.3 Å². The van der Waals surface area contributed by atoms with Gasteiger partial charge in [0.1, 0.15) is 17.4 Å². The fourth-order valence-electron chi connectivity index (χ4n) is 5.53. The first-order chi connectivity index (χ1) is 19.1. The van der Waals surface area contributed by atoms with Gasteiger partial charge in [0.15, 0.2) is 11.2 Å². The maximum absolute atomic E-state index is 15.4. The summed E-state index contributed by atoms with van der Waals surface area (Å²) in [6.07, 6.45) is 1.53. The standard InChI is InChI=1S/C28H22Cl2FN5O4/c1-13(2)35-24-23(34-25(35)16-12-32-22(40-4)11-21(16)39-3)26(37)36(20-10-15(30)6-8-18(20)31)28(24)17-7-5-14(29)9-19(17)33-27(28)38/h5-13H,1-4H3,(H,33,38)/t28-/m0/s1. The number of fused-ring (bicyclic) bond motifs is 4. The lowest BCUT2D eigenvalue weighted by molar-refractivity contribution is -0.119. The van der Waals surface area contributed by atoms with Gasteiger partial charge in [0.25, 0.3) is 11.8 Å². The summed E-state index contributed by atoms with van der Waals surface area (Å²) >= 11 is 12.5. The number of imidazole rings is 1. The van der Waals surface area contributed by atoms with Crippen LogP contribution in [0.5, 0.6) is 11.6 Å². The zero-order valence-electron chi connectivity index (χ0n) is 21.8. The van der Waals surface area contributed by atoms with E-state index in [9.17, 15) is 9.59 Å². The van der Waals surface area contributed by atoms with Gasteiger partial charge in [-0.05, 0) is 44.2 Å². The largest absolute Gasteiger partial charge is 0.496 e. The molecule has 0 saturated carbocycles. The van der Waals surface area contributed by atoms with Crippen LogP contribution in [0.3, 0.4) is 0 Å². The third-order valence-corrected chi connectivity index (χ3v) is 7.59. The minimum absolute atomic E-state index is 0.0149. The highest BCUT2D eigenvalue weighted by molar-refractivity contribution is 6.32. The predicted molar refractivity (Wildman–Crippen MR) is 148 cm³/mol. The number of nitrogens with one attached hydrogen (secondary N) is 1. The molecule has 12 heteroatoms. The van der Waals surface area contributed by atoms with Crippen molar-refractivity contribution < 1.29 is 23.5 Å². The first kappa shape index (κ1) is 26.1. The Hall–Kier alpha value is -4.15. The third kappa shape index (κ3) is 3.45. The van der Waals surface area contributed by atoms with Crippen molar-refractivity contribution in [2.45, 2.75) is 25.4 Å². The van der Waals surface area contributed by atoms with E-state index in [-0.39, 0.29) is 28.1 Å². The van der Waals surface area contributed by atoms with Crippen LogP contribution in [0, 0.1) is 5.82 Å². The molecule has 4 heterocycles.